The summed E-state index contributed by atoms with van der Waals surface area (Å²) in [6.45, 7) is 2.06. The maximum atomic E-state index is 11.9. The van der Waals surface area contributed by atoms with Gasteiger partial charge >= 0.3 is 0 Å². The van der Waals surface area contributed by atoms with Crippen molar-refractivity contribution < 1.29 is 9.90 Å². The van der Waals surface area contributed by atoms with Gasteiger partial charge in [-0.1, -0.05) is 13.0 Å². The molecule has 2 aromatic rings. The predicted molar refractivity (Wildman–Crippen MR) is 85.7 cm³/mol. The first-order valence-corrected chi connectivity index (χ1v) is 7.75. The Bertz CT molecular complexity index is 551. The summed E-state index contributed by atoms with van der Waals surface area (Å²) in [5.74, 6) is 0.633. The monoisotopic (exact) mass is 305 g/mol. The normalized spacial score (nSPS) is 11.9. The number of amides is 1. The van der Waals surface area contributed by atoms with Gasteiger partial charge in [0, 0.05) is 4.88 Å². The molecule has 2 heterocycles. The van der Waals surface area contributed by atoms with E-state index in [9.17, 15) is 4.79 Å². The van der Waals surface area contributed by atoms with E-state index in [1.54, 1.807) is 29.7 Å². The molecule has 112 valence electrons. The number of hydrogen-bond acceptors (Lipinski definition) is 5. The summed E-state index contributed by atoms with van der Waals surface area (Å²) in [5, 5.41) is 17.0. The van der Waals surface area contributed by atoms with Crippen molar-refractivity contribution >= 4 is 28.7 Å². The fourth-order valence-electron chi connectivity index (χ4n) is 1.82. The molecule has 21 heavy (non-hydrogen) atoms. The molecule has 3 N–H and O–H groups in total. The molecule has 0 aliphatic rings. The second kappa shape index (κ2) is 7.75. The van der Waals surface area contributed by atoms with Crippen LogP contribution in [0.2, 0.25) is 0 Å². The Hall–Kier alpha value is -1.92. The van der Waals surface area contributed by atoms with Gasteiger partial charge in [-0.3, -0.25) is 4.79 Å². The Balaban J connectivity index is 1.88. The molecule has 0 aromatic carbocycles. The lowest BCUT2D eigenvalue weighted by Crippen LogP contribution is -2.23. The summed E-state index contributed by atoms with van der Waals surface area (Å²) in [6, 6.07) is 7.46. The minimum atomic E-state index is -0.0539. The molecule has 0 saturated heterocycles. The highest BCUT2D eigenvalue weighted by molar-refractivity contribution is 7.10. The second-order valence-electron chi connectivity index (χ2n) is 4.67. The van der Waals surface area contributed by atoms with E-state index in [4.69, 9.17) is 5.11 Å². The molecular formula is C15H19N3O2S. The van der Waals surface area contributed by atoms with Crippen LogP contribution in [-0.2, 0) is 11.2 Å². The second-order valence-corrected chi connectivity index (χ2v) is 5.70. The van der Waals surface area contributed by atoms with Gasteiger partial charge in [0.2, 0.25) is 5.91 Å². The molecule has 2 rings (SSSR count). The molecule has 1 unspecified atom stereocenters. The third kappa shape index (κ3) is 4.84. The van der Waals surface area contributed by atoms with Gasteiger partial charge in [-0.2, -0.15) is 0 Å². The lowest BCUT2D eigenvalue weighted by Gasteiger charge is -2.14. The van der Waals surface area contributed by atoms with E-state index in [0.29, 0.717) is 17.9 Å². The van der Waals surface area contributed by atoms with Crippen molar-refractivity contribution in [2.75, 3.05) is 17.2 Å². The molecule has 2 aromatic heterocycles. The Morgan fingerprint density at radius 1 is 1.43 bits per heavy atom. The van der Waals surface area contributed by atoms with Gasteiger partial charge in [0.15, 0.2) is 0 Å². The topological polar surface area (TPSA) is 74.2 Å². The summed E-state index contributed by atoms with van der Waals surface area (Å²) in [5.41, 5.74) is 0.666. The van der Waals surface area contributed by atoms with Crippen LogP contribution in [0.4, 0.5) is 11.5 Å². The predicted octanol–water partition coefficient (Wildman–Crippen LogP) is 2.51. The fraction of sp³-hybridized carbons (Fsp3) is 0.333. The van der Waals surface area contributed by atoms with E-state index in [1.807, 2.05) is 24.4 Å². The van der Waals surface area contributed by atoms with Gasteiger partial charge in [0.25, 0.3) is 0 Å². The number of rotatable bonds is 7. The SMILES string of the molecule is CCC(CO)Nc1ccc(NC(=O)Cc2cccs2)cn1. The molecule has 0 fully saturated rings. The third-order valence-corrected chi connectivity index (χ3v) is 3.90. The number of carbonyl (C=O) groups excluding carboxylic acids is 1. The van der Waals surface area contributed by atoms with E-state index in [1.165, 1.54) is 0 Å². The van der Waals surface area contributed by atoms with Gasteiger partial charge in [0.05, 0.1) is 31.0 Å². The van der Waals surface area contributed by atoms with Crippen LogP contribution in [0.1, 0.15) is 18.2 Å². The number of nitrogens with one attached hydrogen (secondary N) is 2. The standard InChI is InChI=1S/C15H19N3O2S/c1-2-11(10-19)17-14-6-5-12(9-16-14)18-15(20)8-13-4-3-7-21-13/h3-7,9,11,19H,2,8,10H2,1H3,(H,16,17)(H,18,20). The Morgan fingerprint density at radius 3 is 2.86 bits per heavy atom. The lowest BCUT2D eigenvalue weighted by molar-refractivity contribution is -0.115. The molecule has 1 amide bonds. The molecular weight excluding hydrogens is 286 g/mol. The molecule has 0 bridgehead atoms. The summed E-state index contributed by atoms with van der Waals surface area (Å²) in [4.78, 5) is 17.1. The van der Waals surface area contributed by atoms with Crippen LogP contribution >= 0.6 is 11.3 Å². The molecule has 6 heteroatoms. The molecule has 5 nitrogen and oxygen atoms in total. The van der Waals surface area contributed by atoms with Gasteiger partial charge in [0.1, 0.15) is 5.82 Å². The van der Waals surface area contributed by atoms with Crippen LogP contribution < -0.4 is 10.6 Å². The smallest absolute Gasteiger partial charge is 0.229 e. The van der Waals surface area contributed by atoms with Crippen molar-refractivity contribution in [2.45, 2.75) is 25.8 Å². The highest BCUT2D eigenvalue weighted by atomic mass is 32.1. The van der Waals surface area contributed by atoms with Crippen LogP contribution in [0.25, 0.3) is 0 Å². The number of thiophene rings is 1. The number of aromatic nitrogens is 1. The van der Waals surface area contributed by atoms with Crippen molar-refractivity contribution in [1.29, 1.82) is 0 Å². The van der Waals surface area contributed by atoms with E-state index in [0.717, 1.165) is 11.3 Å². The van der Waals surface area contributed by atoms with E-state index < -0.39 is 0 Å². The molecule has 0 aliphatic heterocycles. The largest absolute Gasteiger partial charge is 0.394 e. The average Bonchev–Trinajstić information content (AvgIpc) is 2.99. The maximum absolute atomic E-state index is 11.9. The van der Waals surface area contributed by atoms with E-state index >= 15 is 0 Å². The average molecular weight is 305 g/mol. The molecule has 0 spiro atoms. The van der Waals surface area contributed by atoms with Gasteiger partial charge < -0.3 is 15.7 Å². The van der Waals surface area contributed by atoms with Crippen molar-refractivity contribution in [3.05, 3.63) is 40.7 Å². The Morgan fingerprint density at radius 2 is 2.29 bits per heavy atom. The Labute approximate surface area is 128 Å². The molecule has 1 atom stereocenters. The van der Waals surface area contributed by atoms with E-state index in [-0.39, 0.29) is 18.6 Å². The zero-order chi connectivity index (χ0) is 15.1. The zero-order valence-electron chi connectivity index (χ0n) is 11.9. The maximum Gasteiger partial charge on any atom is 0.229 e. The van der Waals surface area contributed by atoms with Crippen LogP contribution in [0.3, 0.4) is 0 Å². The van der Waals surface area contributed by atoms with Gasteiger partial charge in [-0.15, -0.1) is 11.3 Å². The van der Waals surface area contributed by atoms with Gasteiger partial charge in [-0.05, 0) is 30.0 Å². The highest BCUT2D eigenvalue weighted by Gasteiger charge is 2.07. The Kier molecular flexibility index (Phi) is 5.71. The first-order chi connectivity index (χ1) is 10.2. The first-order valence-electron chi connectivity index (χ1n) is 6.87. The minimum Gasteiger partial charge on any atom is -0.394 e. The number of hydrogen-bond donors (Lipinski definition) is 3. The number of aliphatic hydroxyl groups excluding tert-OH is 1. The summed E-state index contributed by atoms with van der Waals surface area (Å²) >= 11 is 1.57. The molecule has 0 saturated carbocycles. The number of anilines is 2. The van der Waals surface area contributed by atoms with Gasteiger partial charge in [-0.25, -0.2) is 4.98 Å². The summed E-state index contributed by atoms with van der Waals surface area (Å²) in [7, 11) is 0. The quantitative estimate of drug-likeness (QED) is 0.735. The molecule has 0 radical (unpaired) electrons. The first kappa shape index (κ1) is 15.5. The van der Waals surface area contributed by atoms with Crippen LogP contribution in [0.5, 0.6) is 0 Å². The summed E-state index contributed by atoms with van der Waals surface area (Å²) in [6.07, 6.45) is 2.80. The van der Waals surface area contributed by atoms with Crippen molar-refractivity contribution in [1.82, 2.24) is 4.98 Å². The third-order valence-electron chi connectivity index (χ3n) is 3.03. The fourth-order valence-corrected chi connectivity index (χ4v) is 2.52. The van der Waals surface area contributed by atoms with Crippen molar-refractivity contribution in [3.63, 3.8) is 0 Å². The van der Waals surface area contributed by atoms with E-state index in [2.05, 4.69) is 15.6 Å². The van der Waals surface area contributed by atoms with Crippen LogP contribution in [0.15, 0.2) is 35.8 Å². The minimum absolute atomic E-state index is 0.00299. The van der Waals surface area contributed by atoms with Crippen molar-refractivity contribution in [2.24, 2.45) is 0 Å². The number of nitrogens with zero attached hydrogens (tertiary/aromatic N) is 1. The number of aliphatic hydroxyl groups is 1. The van der Waals surface area contributed by atoms with Crippen LogP contribution in [0, 0.1) is 0 Å². The summed E-state index contributed by atoms with van der Waals surface area (Å²) < 4.78 is 0. The van der Waals surface area contributed by atoms with Crippen LogP contribution in [-0.4, -0.2) is 28.6 Å². The highest BCUT2D eigenvalue weighted by Crippen LogP contribution is 2.13. The lowest BCUT2D eigenvalue weighted by atomic mass is 10.2. The molecule has 0 aliphatic carbocycles. The number of pyridine rings is 1. The van der Waals surface area contributed by atoms with Crippen molar-refractivity contribution in [3.8, 4) is 0 Å². The number of carbonyl (C=O) groups is 1. The zero-order valence-corrected chi connectivity index (χ0v) is 12.7.